The van der Waals surface area contributed by atoms with Gasteiger partial charge in [-0.1, -0.05) is 12.1 Å². The molecule has 28 heavy (non-hydrogen) atoms. The maximum absolute atomic E-state index is 12.9. The van der Waals surface area contributed by atoms with Gasteiger partial charge in [0.25, 0.3) is 0 Å². The number of likely N-dealkylation sites (tertiary alicyclic amines) is 1. The van der Waals surface area contributed by atoms with Gasteiger partial charge in [-0.2, -0.15) is 13.2 Å². The molecule has 1 fully saturated rings. The molecule has 1 unspecified atom stereocenters. The molecular weight excluding hydrogens is 369 g/mol. The van der Waals surface area contributed by atoms with Crippen LogP contribution in [0.2, 0.25) is 0 Å². The molecule has 1 atom stereocenters. The second kappa shape index (κ2) is 9.14. The van der Waals surface area contributed by atoms with E-state index in [-0.39, 0.29) is 12.6 Å². The fourth-order valence-electron chi connectivity index (χ4n) is 3.40. The summed E-state index contributed by atoms with van der Waals surface area (Å²) in [6.45, 7) is 2.88. The number of aliphatic imine (C=N–C) groups is 1. The van der Waals surface area contributed by atoms with Crippen molar-refractivity contribution >= 4 is 5.96 Å². The average molecular weight is 394 g/mol. The molecule has 1 aromatic carbocycles. The zero-order chi connectivity index (χ0) is 20.0. The quantitative estimate of drug-likeness (QED) is 0.578. The molecular formula is C20H25F3N4O. The predicted molar refractivity (Wildman–Crippen MR) is 102 cm³/mol. The zero-order valence-corrected chi connectivity index (χ0v) is 15.8. The van der Waals surface area contributed by atoms with Crippen LogP contribution in [0.1, 0.15) is 35.8 Å². The Morgan fingerprint density at radius 1 is 1.18 bits per heavy atom. The van der Waals surface area contributed by atoms with Crippen LogP contribution in [0.15, 0.2) is 52.1 Å². The minimum Gasteiger partial charge on any atom is -0.468 e. The van der Waals surface area contributed by atoms with E-state index in [4.69, 9.17) is 4.42 Å². The highest BCUT2D eigenvalue weighted by Gasteiger charge is 2.30. The van der Waals surface area contributed by atoms with E-state index in [1.165, 1.54) is 18.9 Å². The first-order chi connectivity index (χ1) is 13.5. The van der Waals surface area contributed by atoms with Gasteiger partial charge in [-0.05, 0) is 55.8 Å². The second-order valence-electron chi connectivity index (χ2n) is 6.78. The van der Waals surface area contributed by atoms with E-state index in [1.807, 2.05) is 12.1 Å². The molecule has 1 aliphatic rings. The molecule has 8 heteroatoms. The topological polar surface area (TPSA) is 52.8 Å². The summed E-state index contributed by atoms with van der Waals surface area (Å²) >= 11 is 0. The van der Waals surface area contributed by atoms with Crippen LogP contribution < -0.4 is 10.6 Å². The molecule has 1 saturated heterocycles. The number of guanidine groups is 1. The number of nitrogens with zero attached hydrogens (tertiary/aromatic N) is 2. The third kappa shape index (κ3) is 5.28. The van der Waals surface area contributed by atoms with E-state index in [0.717, 1.165) is 31.0 Å². The smallest absolute Gasteiger partial charge is 0.416 e. The van der Waals surface area contributed by atoms with Gasteiger partial charge in [0.15, 0.2) is 5.96 Å². The van der Waals surface area contributed by atoms with Gasteiger partial charge in [-0.3, -0.25) is 9.89 Å². The van der Waals surface area contributed by atoms with E-state index in [2.05, 4.69) is 20.5 Å². The number of benzene rings is 1. The van der Waals surface area contributed by atoms with Crippen molar-refractivity contribution in [3.8, 4) is 0 Å². The Kier molecular flexibility index (Phi) is 6.61. The lowest BCUT2D eigenvalue weighted by molar-refractivity contribution is -0.137. The van der Waals surface area contributed by atoms with Gasteiger partial charge in [0.05, 0.1) is 17.9 Å². The van der Waals surface area contributed by atoms with E-state index in [0.29, 0.717) is 18.1 Å². The van der Waals surface area contributed by atoms with Gasteiger partial charge < -0.3 is 15.1 Å². The van der Waals surface area contributed by atoms with Crippen molar-refractivity contribution in [2.24, 2.45) is 4.99 Å². The standard InChI is InChI=1S/C20H25F3N4O/c1-24-19(25-13-15-6-4-7-16(12-15)20(21,22)23)26-14-17(18-8-5-11-28-18)27-9-2-3-10-27/h4-8,11-12,17H,2-3,9-10,13-14H2,1H3,(H2,24,25,26). The van der Waals surface area contributed by atoms with Gasteiger partial charge in [-0.15, -0.1) is 0 Å². The Balaban J connectivity index is 1.58. The summed E-state index contributed by atoms with van der Waals surface area (Å²) in [7, 11) is 1.64. The largest absolute Gasteiger partial charge is 0.468 e. The van der Waals surface area contributed by atoms with Gasteiger partial charge in [0, 0.05) is 20.1 Å². The number of hydrogen-bond acceptors (Lipinski definition) is 3. The van der Waals surface area contributed by atoms with Crippen LogP contribution in [0.5, 0.6) is 0 Å². The second-order valence-corrected chi connectivity index (χ2v) is 6.78. The molecule has 0 spiro atoms. The predicted octanol–water partition coefficient (Wildman–Crippen LogP) is 3.80. The van der Waals surface area contributed by atoms with E-state index >= 15 is 0 Å². The van der Waals surface area contributed by atoms with Crippen molar-refractivity contribution in [3.63, 3.8) is 0 Å². The van der Waals surface area contributed by atoms with Crippen molar-refractivity contribution in [3.05, 3.63) is 59.5 Å². The molecule has 1 aliphatic heterocycles. The molecule has 2 aromatic rings. The third-order valence-corrected chi connectivity index (χ3v) is 4.85. The van der Waals surface area contributed by atoms with Crippen LogP contribution in [0.4, 0.5) is 13.2 Å². The highest BCUT2D eigenvalue weighted by atomic mass is 19.4. The van der Waals surface area contributed by atoms with Gasteiger partial charge in [-0.25, -0.2) is 0 Å². The first-order valence-corrected chi connectivity index (χ1v) is 9.35. The molecule has 0 amide bonds. The van der Waals surface area contributed by atoms with Crippen LogP contribution in [-0.2, 0) is 12.7 Å². The lowest BCUT2D eigenvalue weighted by Gasteiger charge is -2.26. The van der Waals surface area contributed by atoms with Crippen LogP contribution in [0, 0.1) is 0 Å². The highest BCUT2D eigenvalue weighted by molar-refractivity contribution is 5.79. The lowest BCUT2D eigenvalue weighted by Crippen LogP contribution is -2.42. The average Bonchev–Trinajstić information content (AvgIpc) is 3.38. The number of rotatable bonds is 6. The van der Waals surface area contributed by atoms with Crippen molar-refractivity contribution in [1.82, 2.24) is 15.5 Å². The molecule has 0 saturated carbocycles. The first-order valence-electron chi connectivity index (χ1n) is 9.35. The number of halogens is 3. The fraction of sp³-hybridized carbons (Fsp3) is 0.450. The van der Waals surface area contributed by atoms with E-state index < -0.39 is 11.7 Å². The van der Waals surface area contributed by atoms with Crippen LogP contribution in [0.3, 0.4) is 0 Å². The molecule has 0 aliphatic carbocycles. The normalized spacial score (nSPS) is 16.9. The summed E-state index contributed by atoms with van der Waals surface area (Å²) in [6, 6.07) is 9.21. The van der Waals surface area contributed by atoms with Crippen molar-refractivity contribution in [2.45, 2.75) is 31.6 Å². The Labute approximate surface area is 162 Å². The highest BCUT2D eigenvalue weighted by Crippen LogP contribution is 2.29. The lowest BCUT2D eigenvalue weighted by atomic mass is 10.1. The minimum atomic E-state index is -4.35. The monoisotopic (exact) mass is 394 g/mol. The molecule has 1 aromatic heterocycles. The van der Waals surface area contributed by atoms with Crippen LogP contribution >= 0.6 is 0 Å². The van der Waals surface area contributed by atoms with Crippen LogP contribution in [-0.4, -0.2) is 37.5 Å². The molecule has 2 N–H and O–H groups in total. The summed E-state index contributed by atoms with van der Waals surface area (Å²) in [5, 5.41) is 6.34. The first kappa shape index (κ1) is 20.3. The Hall–Kier alpha value is -2.48. The SMILES string of the molecule is CN=C(NCc1cccc(C(F)(F)F)c1)NCC(c1ccco1)N1CCCC1. The van der Waals surface area contributed by atoms with Gasteiger partial charge >= 0.3 is 6.18 Å². The summed E-state index contributed by atoms with van der Waals surface area (Å²) in [5.41, 5.74) is -0.110. The molecule has 0 radical (unpaired) electrons. The van der Waals surface area contributed by atoms with Crippen molar-refractivity contribution < 1.29 is 17.6 Å². The number of alkyl halides is 3. The number of nitrogens with one attached hydrogen (secondary N) is 2. The minimum absolute atomic E-state index is 0.0876. The van der Waals surface area contributed by atoms with E-state index in [1.54, 1.807) is 19.4 Å². The zero-order valence-electron chi connectivity index (χ0n) is 15.8. The molecule has 152 valence electrons. The molecule has 2 heterocycles. The van der Waals surface area contributed by atoms with Crippen molar-refractivity contribution in [1.29, 1.82) is 0 Å². The molecule has 0 bridgehead atoms. The van der Waals surface area contributed by atoms with Gasteiger partial charge in [0.1, 0.15) is 5.76 Å². The summed E-state index contributed by atoms with van der Waals surface area (Å²) in [4.78, 5) is 6.54. The van der Waals surface area contributed by atoms with E-state index in [9.17, 15) is 13.2 Å². The van der Waals surface area contributed by atoms with Gasteiger partial charge in [0.2, 0.25) is 0 Å². The number of hydrogen-bond donors (Lipinski definition) is 2. The summed E-state index contributed by atoms with van der Waals surface area (Å²) in [6.07, 6.45) is -0.347. The summed E-state index contributed by atoms with van der Waals surface area (Å²) < 4.78 is 44.2. The molecule has 3 rings (SSSR count). The Morgan fingerprint density at radius 3 is 2.61 bits per heavy atom. The fourth-order valence-corrected chi connectivity index (χ4v) is 3.40. The van der Waals surface area contributed by atoms with Crippen molar-refractivity contribution in [2.75, 3.05) is 26.7 Å². The molecule has 5 nitrogen and oxygen atoms in total. The number of furan rings is 1. The van der Waals surface area contributed by atoms with Crippen LogP contribution in [0.25, 0.3) is 0 Å². The third-order valence-electron chi connectivity index (χ3n) is 4.85. The Bertz CT molecular complexity index is 768. The summed E-state index contributed by atoms with van der Waals surface area (Å²) in [5.74, 6) is 1.43. The Morgan fingerprint density at radius 2 is 1.96 bits per heavy atom. The maximum atomic E-state index is 12.9. The maximum Gasteiger partial charge on any atom is 0.416 e.